The number of benzene rings is 2. The third-order valence-corrected chi connectivity index (χ3v) is 3.82. The third-order valence-electron chi connectivity index (χ3n) is 3.82. The zero-order valence-electron chi connectivity index (χ0n) is 13.4. The summed E-state index contributed by atoms with van der Waals surface area (Å²) in [5, 5.41) is 4.14. The fourth-order valence-electron chi connectivity index (χ4n) is 2.66. The standard InChI is InChI=1S/C20H16N2O3/c23-20-12-19(17-8-1-2-9-18(17)22-20)25-15-6-3-5-14(11-15)21-13-16-7-4-10-24-16/h1-12,21H,13H2,(H,22,23). The molecule has 0 aliphatic heterocycles. The quantitative estimate of drug-likeness (QED) is 0.563. The van der Waals surface area contributed by atoms with Gasteiger partial charge in [-0.05, 0) is 36.4 Å². The molecule has 0 amide bonds. The molecule has 2 aromatic carbocycles. The average Bonchev–Trinajstić information content (AvgIpc) is 3.14. The van der Waals surface area contributed by atoms with Crippen LogP contribution in [-0.2, 0) is 6.54 Å². The van der Waals surface area contributed by atoms with Gasteiger partial charge in [0.2, 0.25) is 0 Å². The highest BCUT2D eigenvalue weighted by Crippen LogP contribution is 2.28. The summed E-state index contributed by atoms with van der Waals surface area (Å²) in [6, 6.07) is 20.4. The van der Waals surface area contributed by atoms with Gasteiger partial charge in [-0.15, -0.1) is 0 Å². The number of rotatable bonds is 5. The second kappa shape index (κ2) is 6.57. The molecule has 0 spiro atoms. The van der Waals surface area contributed by atoms with Crippen LogP contribution in [0.2, 0.25) is 0 Å². The minimum absolute atomic E-state index is 0.194. The summed E-state index contributed by atoms with van der Waals surface area (Å²) in [5.41, 5.74) is 1.46. The number of ether oxygens (including phenoxy) is 1. The van der Waals surface area contributed by atoms with E-state index in [0.29, 0.717) is 18.0 Å². The first-order valence-corrected chi connectivity index (χ1v) is 7.94. The Balaban J connectivity index is 1.59. The summed E-state index contributed by atoms with van der Waals surface area (Å²) in [7, 11) is 0. The van der Waals surface area contributed by atoms with Crippen LogP contribution in [-0.4, -0.2) is 4.98 Å². The molecule has 2 heterocycles. The number of anilines is 1. The molecule has 0 fully saturated rings. The lowest BCUT2D eigenvalue weighted by molar-refractivity contribution is 0.487. The molecule has 4 aromatic rings. The summed E-state index contributed by atoms with van der Waals surface area (Å²) in [6.07, 6.45) is 1.65. The van der Waals surface area contributed by atoms with E-state index in [2.05, 4.69) is 10.3 Å². The molecule has 0 saturated carbocycles. The summed E-state index contributed by atoms with van der Waals surface area (Å²) in [4.78, 5) is 14.6. The molecule has 0 atom stereocenters. The van der Waals surface area contributed by atoms with Gasteiger partial charge in [-0.2, -0.15) is 0 Å². The molecule has 2 aromatic heterocycles. The zero-order chi connectivity index (χ0) is 17.1. The van der Waals surface area contributed by atoms with Crippen LogP contribution in [0.5, 0.6) is 11.5 Å². The number of para-hydroxylation sites is 1. The Labute approximate surface area is 143 Å². The SMILES string of the molecule is O=c1cc(Oc2cccc(NCc3ccco3)c2)c2ccccc2[nH]1. The first-order valence-electron chi connectivity index (χ1n) is 7.94. The van der Waals surface area contributed by atoms with Gasteiger partial charge in [-0.1, -0.05) is 18.2 Å². The lowest BCUT2D eigenvalue weighted by atomic mass is 10.2. The molecule has 0 saturated heterocycles. The number of aromatic amines is 1. The van der Waals surface area contributed by atoms with E-state index in [1.165, 1.54) is 6.07 Å². The fourth-order valence-corrected chi connectivity index (χ4v) is 2.66. The van der Waals surface area contributed by atoms with E-state index in [1.807, 2.05) is 60.7 Å². The molecule has 0 unspecified atom stereocenters. The fraction of sp³-hybridized carbons (Fsp3) is 0.0500. The van der Waals surface area contributed by atoms with E-state index in [4.69, 9.17) is 9.15 Å². The van der Waals surface area contributed by atoms with Gasteiger partial charge < -0.3 is 19.5 Å². The van der Waals surface area contributed by atoms with Crippen molar-refractivity contribution in [2.45, 2.75) is 6.54 Å². The van der Waals surface area contributed by atoms with E-state index < -0.39 is 0 Å². The minimum atomic E-state index is -0.194. The van der Waals surface area contributed by atoms with Crippen molar-refractivity contribution in [2.24, 2.45) is 0 Å². The molecule has 5 heteroatoms. The van der Waals surface area contributed by atoms with Crippen molar-refractivity contribution in [3.63, 3.8) is 0 Å². The number of aromatic nitrogens is 1. The van der Waals surface area contributed by atoms with E-state index in [1.54, 1.807) is 6.26 Å². The van der Waals surface area contributed by atoms with E-state index in [9.17, 15) is 4.79 Å². The Hall–Kier alpha value is -3.47. The van der Waals surface area contributed by atoms with Crippen molar-refractivity contribution in [3.8, 4) is 11.5 Å². The van der Waals surface area contributed by atoms with Crippen LogP contribution in [0, 0.1) is 0 Å². The molecule has 0 bridgehead atoms. The first-order chi connectivity index (χ1) is 12.3. The summed E-state index contributed by atoms with van der Waals surface area (Å²) >= 11 is 0. The maximum absolute atomic E-state index is 11.8. The number of hydrogen-bond donors (Lipinski definition) is 2. The number of H-pyrrole nitrogens is 1. The van der Waals surface area contributed by atoms with Gasteiger partial charge in [0.1, 0.15) is 17.3 Å². The van der Waals surface area contributed by atoms with Crippen LogP contribution in [0.25, 0.3) is 10.9 Å². The Morgan fingerprint density at radius 3 is 2.80 bits per heavy atom. The van der Waals surface area contributed by atoms with Crippen LogP contribution in [0.15, 0.2) is 82.2 Å². The molecular formula is C20H16N2O3. The molecule has 124 valence electrons. The average molecular weight is 332 g/mol. The molecule has 0 aliphatic carbocycles. The molecule has 5 nitrogen and oxygen atoms in total. The first kappa shape index (κ1) is 15.1. The highest BCUT2D eigenvalue weighted by atomic mass is 16.5. The van der Waals surface area contributed by atoms with Crippen molar-refractivity contribution < 1.29 is 9.15 Å². The predicted octanol–water partition coefficient (Wildman–Crippen LogP) is 4.53. The second-order valence-corrected chi connectivity index (χ2v) is 5.61. The summed E-state index contributed by atoms with van der Waals surface area (Å²) in [5.74, 6) is 2.04. The topological polar surface area (TPSA) is 67.3 Å². The lowest BCUT2D eigenvalue weighted by Crippen LogP contribution is -2.04. The Morgan fingerprint density at radius 1 is 1.00 bits per heavy atom. The van der Waals surface area contributed by atoms with Crippen molar-refractivity contribution in [2.75, 3.05) is 5.32 Å². The number of hydrogen-bond acceptors (Lipinski definition) is 4. The monoisotopic (exact) mass is 332 g/mol. The van der Waals surface area contributed by atoms with Gasteiger partial charge in [0.05, 0.1) is 18.3 Å². The Morgan fingerprint density at radius 2 is 1.92 bits per heavy atom. The number of fused-ring (bicyclic) bond motifs is 1. The van der Waals surface area contributed by atoms with Crippen LogP contribution in [0.1, 0.15) is 5.76 Å². The molecular weight excluding hydrogens is 316 g/mol. The van der Waals surface area contributed by atoms with Crippen LogP contribution >= 0.6 is 0 Å². The maximum Gasteiger partial charge on any atom is 0.252 e. The Kier molecular flexibility index (Phi) is 3.96. The van der Waals surface area contributed by atoms with Gasteiger partial charge in [0.25, 0.3) is 5.56 Å². The van der Waals surface area contributed by atoms with Crippen LogP contribution in [0.3, 0.4) is 0 Å². The van der Waals surface area contributed by atoms with E-state index in [-0.39, 0.29) is 5.56 Å². The molecule has 0 radical (unpaired) electrons. The second-order valence-electron chi connectivity index (χ2n) is 5.61. The van der Waals surface area contributed by atoms with Gasteiger partial charge in [0.15, 0.2) is 0 Å². The zero-order valence-corrected chi connectivity index (χ0v) is 13.4. The predicted molar refractivity (Wildman–Crippen MR) is 97.1 cm³/mol. The number of furan rings is 1. The van der Waals surface area contributed by atoms with Crippen LogP contribution < -0.4 is 15.6 Å². The van der Waals surface area contributed by atoms with Crippen molar-refractivity contribution >= 4 is 16.6 Å². The van der Waals surface area contributed by atoms with E-state index >= 15 is 0 Å². The number of nitrogens with one attached hydrogen (secondary N) is 2. The van der Waals surface area contributed by atoms with Crippen molar-refractivity contribution in [1.29, 1.82) is 0 Å². The van der Waals surface area contributed by atoms with Gasteiger partial charge in [0, 0.05) is 23.2 Å². The van der Waals surface area contributed by atoms with Gasteiger partial charge >= 0.3 is 0 Å². The van der Waals surface area contributed by atoms with Crippen molar-refractivity contribution in [1.82, 2.24) is 4.98 Å². The lowest BCUT2D eigenvalue weighted by Gasteiger charge is -2.10. The third kappa shape index (κ3) is 3.40. The normalized spacial score (nSPS) is 10.7. The van der Waals surface area contributed by atoms with Crippen LogP contribution in [0.4, 0.5) is 5.69 Å². The molecule has 2 N–H and O–H groups in total. The summed E-state index contributed by atoms with van der Waals surface area (Å²) in [6.45, 7) is 0.588. The largest absolute Gasteiger partial charge is 0.467 e. The van der Waals surface area contributed by atoms with E-state index in [0.717, 1.165) is 22.4 Å². The molecule has 25 heavy (non-hydrogen) atoms. The smallest absolute Gasteiger partial charge is 0.252 e. The maximum atomic E-state index is 11.8. The highest BCUT2D eigenvalue weighted by Gasteiger charge is 2.06. The Bertz CT molecular complexity index is 1050. The van der Waals surface area contributed by atoms with Gasteiger partial charge in [-0.3, -0.25) is 4.79 Å². The van der Waals surface area contributed by atoms with Gasteiger partial charge in [-0.25, -0.2) is 0 Å². The highest BCUT2D eigenvalue weighted by molar-refractivity contribution is 5.84. The summed E-state index contributed by atoms with van der Waals surface area (Å²) < 4.78 is 11.3. The minimum Gasteiger partial charge on any atom is -0.467 e. The molecule has 0 aliphatic rings. The molecule has 4 rings (SSSR count). The number of pyridine rings is 1. The van der Waals surface area contributed by atoms with Crippen molar-refractivity contribution in [3.05, 3.63) is 89.1 Å².